The van der Waals surface area contributed by atoms with Crippen molar-refractivity contribution in [2.75, 3.05) is 19.8 Å². The van der Waals surface area contributed by atoms with Gasteiger partial charge in [0.25, 0.3) is 0 Å². The number of esters is 1. The fraction of sp³-hybridized carbons (Fsp3) is 0.462. The van der Waals surface area contributed by atoms with Gasteiger partial charge in [0.05, 0.1) is 12.2 Å². The molecule has 88 valence electrons. The number of ether oxygens (including phenoxy) is 2. The maximum absolute atomic E-state index is 11.6. The largest absolute Gasteiger partial charge is 0.460 e. The Morgan fingerprint density at radius 1 is 1.19 bits per heavy atom. The van der Waals surface area contributed by atoms with Gasteiger partial charge in [0.2, 0.25) is 0 Å². The van der Waals surface area contributed by atoms with Gasteiger partial charge in [-0.2, -0.15) is 0 Å². The highest BCUT2D eigenvalue weighted by atomic mass is 16.6. The van der Waals surface area contributed by atoms with Crippen molar-refractivity contribution in [1.82, 2.24) is 0 Å². The fourth-order valence-electron chi connectivity index (χ4n) is 1.29. The van der Waals surface area contributed by atoms with Gasteiger partial charge < -0.3 is 9.47 Å². The van der Waals surface area contributed by atoms with E-state index in [0.29, 0.717) is 25.4 Å². The molecule has 1 aromatic rings. The standard InChI is InChI=1S/C13H18O3/c1-4-15-7-8-16-13(14)12-6-5-10(2)11(3)9-12/h5-6,9H,4,7-8H2,1-3H3. The van der Waals surface area contributed by atoms with Crippen LogP contribution in [0.15, 0.2) is 18.2 Å². The second-order valence-corrected chi connectivity index (χ2v) is 3.63. The minimum Gasteiger partial charge on any atom is -0.460 e. The first kappa shape index (κ1) is 12.7. The lowest BCUT2D eigenvalue weighted by Gasteiger charge is -2.06. The average molecular weight is 222 g/mol. The molecule has 0 N–H and O–H groups in total. The Balaban J connectivity index is 2.50. The molecule has 0 aliphatic heterocycles. The summed E-state index contributed by atoms with van der Waals surface area (Å²) in [5.41, 5.74) is 2.87. The Labute approximate surface area is 96.4 Å². The van der Waals surface area contributed by atoms with Crippen LogP contribution in [0.1, 0.15) is 28.4 Å². The van der Waals surface area contributed by atoms with Crippen molar-refractivity contribution in [2.24, 2.45) is 0 Å². The number of carbonyl (C=O) groups excluding carboxylic acids is 1. The summed E-state index contributed by atoms with van der Waals surface area (Å²) in [6, 6.07) is 5.55. The lowest BCUT2D eigenvalue weighted by atomic mass is 10.1. The van der Waals surface area contributed by atoms with Crippen LogP contribution >= 0.6 is 0 Å². The normalized spacial score (nSPS) is 10.2. The quantitative estimate of drug-likeness (QED) is 0.567. The highest BCUT2D eigenvalue weighted by molar-refractivity contribution is 5.89. The fourth-order valence-corrected chi connectivity index (χ4v) is 1.29. The average Bonchev–Trinajstić information content (AvgIpc) is 2.28. The topological polar surface area (TPSA) is 35.5 Å². The highest BCUT2D eigenvalue weighted by Crippen LogP contribution is 2.10. The highest BCUT2D eigenvalue weighted by Gasteiger charge is 2.07. The third kappa shape index (κ3) is 3.66. The van der Waals surface area contributed by atoms with Crippen LogP contribution in [-0.2, 0) is 9.47 Å². The predicted octanol–water partition coefficient (Wildman–Crippen LogP) is 2.50. The molecule has 1 rings (SSSR count). The van der Waals surface area contributed by atoms with Crippen LogP contribution in [-0.4, -0.2) is 25.8 Å². The second-order valence-electron chi connectivity index (χ2n) is 3.63. The summed E-state index contributed by atoms with van der Waals surface area (Å²) in [6.45, 7) is 7.30. The summed E-state index contributed by atoms with van der Waals surface area (Å²) >= 11 is 0. The van der Waals surface area contributed by atoms with E-state index in [1.165, 1.54) is 5.56 Å². The minimum absolute atomic E-state index is 0.289. The van der Waals surface area contributed by atoms with E-state index in [1.54, 1.807) is 6.07 Å². The molecule has 0 atom stereocenters. The summed E-state index contributed by atoms with van der Waals surface area (Å²) in [5, 5.41) is 0. The molecule has 0 heterocycles. The number of aryl methyl sites for hydroxylation is 2. The lowest BCUT2D eigenvalue weighted by Crippen LogP contribution is -2.11. The Morgan fingerprint density at radius 2 is 1.94 bits per heavy atom. The van der Waals surface area contributed by atoms with Crippen LogP contribution in [0.5, 0.6) is 0 Å². The lowest BCUT2D eigenvalue weighted by molar-refractivity contribution is 0.0335. The molecule has 0 bridgehead atoms. The van der Waals surface area contributed by atoms with Crippen LogP contribution in [0.25, 0.3) is 0 Å². The number of carbonyl (C=O) groups is 1. The molecular formula is C13H18O3. The predicted molar refractivity (Wildman–Crippen MR) is 62.7 cm³/mol. The molecule has 3 heteroatoms. The van der Waals surface area contributed by atoms with Gasteiger partial charge >= 0.3 is 5.97 Å². The summed E-state index contributed by atoms with van der Waals surface area (Å²) in [4.78, 5) is 11.6. The van der Waals surface area contributed by atoms with E-state index in [1.807, 2.05) is 32.9 Å². The Hall–Kier alpha value is -1.35. The smallest absolute Gasteiger partial charge is 0.338 e. The molecule has 0 spiro atoms. The van der Waals surface area contributed by atoms with Gasteiger partial charge in [-0.25, -0.2) is 4.79 Å². The van der Waals surface area contributed by atoms with Crippen molar-refractivity contribution in [3.8, 4) is 0 Å². The molecule has 0 aliphatic rings. The third-order valence-corrected chi connectivity index (χ3v) is 2.41. The van der Waals surface area contributed by atoms with Gasteiger partial charge in [-0.15, -0.1) is 0 Å². The van der Waals surface area contributed by atoms with Crippen LogP contribution in [0.4, 0.5) is 0 Å². The van der Waals surface area contributed by atoms with E-state index in [9.17, 15) is 4.79 Å². The molecule has 0 aromatic heterocycles. The van der Waals surface area contributed by atoms with Gasteiger partial charge in [-0.1, -0.05) is 6.07 Å². The summed E-state index contributed by atoms with van der Waals surface area (Å²) in [5.74, 6) is -0.289. The summed E-state index contributed by atoms with van der Waals surface area (Å²) < 4.78 is 10.1. The zero-order valence-corrected chi connectivity index (χ0v) is 10.1. The maximum atomic E-state index is 11.6. The first-order valence-corrected chi connectivity index (χ1v) is 5.47. The molecule has 1 aromatic carbocycles. The van der Waals surface area contributed by atoms with Crippen molar-refractivity contribution in [3.63, 3.8) is 0 Å². The molecule has 0 aliphatic carbocycles. The second kappa shape index (κ2) is 6.28. The Kier molecular flexibility index (Phi) is 4.99. The van der Waals surface area contributed by atoms with Crippen molar-refractivity contribution >= 4 is 5.97 Å². The van der Waals surface area contributed by atoms with E-state index < -0.39 is 0 Å². The first-order valence-electron chi connectivity index (χ1n) is 5.47. The van der Waals surface area contributed by atoms with Gasteiger partial charge in [0, 0.05) is 6.61 Å². The summed E-state index contributed by atoms with van der Waals surface area (Å²) in [7, 11) is 0. The van der Waals surface area contributed by atoms with Crippen molar-refractivity contribution < 1.29 is 14.3 Å². The zero-order chi connectivity index (χ0) is 12.0. The molecule has 0 radical (unpaired) electrons. The summed E-state index contributed by atoms with van der Waals surface area (Å²) in [6.07, 6.45) is 0. The molecule has 0 saturated carbocycles. The zero-order valence-electron chi connectivity index (χ0n) is 10.1. The number of rotatable bonds is 5. The van der Waals surface area contributed by atoms with Crippen LogP contribution in [0, 0.1) is 13.8 Å². The first-order chi connectivity index (χ1) is 7.65. The van der Waals surface area contributed by atoms with Crippen molar-refractivity contribution in [3.05, 3.63) is 34.9 Å². The number of hydrogen-bond donors (Lipinski definition) is 0. The van der Waals surface area contributed by atoms with Crippen LogP contribution in [0.2, 0.25) is 0 Å². The molecule has 0 fully saturated rings. The molecule has 0 saturated heterocycles. The Bertz CT molecular complexity index is 358. The molecule has 0 amide bonds. The van der Waals surface area contributed by atoms with Crippen LogP contribution < -0.4 is 0 Å². The molecular weight excluding hydrogens is 204 g/mol. The van der Waals surface area contributed by atoms with Gasteiger partial charge in [0.1, 0.15) is 6.61 Å². The Morgan fingerprint density at radius 3 is 2.56 bits per heavy atom. The maximum Gasteiger partial charge on any atom is 0.338 e. The number of benzene rings is 1. The monoisotopic (exact) mass is 222 g/mol. The van der Waals surface area contributed by atoms with Crippen molar-refractivity contribution in [1.29, 1.82) is 0 Å². The minimum atomic E-state index is -0.289. The molecule has 16 heavy (non-hydrogen) atoms. The van der Waals surface area contributed by atoms with Gasteiger partial charge in [0.15, 0.2) is 0 Å². The molecule has 0 unspecified atom stereocenters. The van der Waals surface area contributed by atoms with E-state index in [2.05, 4.69) is 0 Å². The van der Waals surface area contributed by atoms with E-state index in [4.69, 9.17) is 9.47 Å². The number of hydrogen-bond acceptors (Lipinski definition) is 3. The van der Waals surface area contributed by atoms with E-state index in [-0.39, 0.29) is 5.97 Å². The van der Waals surface area contributed by atoms with E-state index in [0.717, 1.165) is 5.56 Å². The molecule has 3 nitrogen and oxygen atoms in total. The van der Waals surface area contributed by atoms with Gasteiger partial charge in [-0.3, -0.25) is 0 Å². The van der Waals surface area contributed by atoms with E-state index >= 15 is 0 Å². The third-order valence-electron chi connectivity index (χ3n) is 2.41. The van der Waals surface area contributed by atoms with Crippen LogP contribution in [0.3, 0.4) is 0 Å². The SMILES string of the molecule is CCOCCOC(=O)c1ccc(C)c(C)c1. The van der Waals surface area contributed by atoms with Gasteiger partial charge in [-0.05, 0) is 44.0 Å². The van der Waals surface area contributed by atoms with Crippen molar-refractivity contribution in [2.45, 2.75) is 20.8 Å².